The van der Waals surface area contributed by atoms with Crippen molar-refractivity contribution in [3.05, 3.63) is 44.0 Å². The smallest absolute Gasteiger partial charge is 0.460 e. The SMILES string of the molecule is O=C(OCCC(F)(F)C(F)(F)C(F)(F)C(F)(F)C(F)(F)C(F)(F)C(F)(F)C(F)(F)F)c1cc([N+](=O)[O-])cc([N+](=O)[O-])c1. The summed E-state index contributed by atoms with van der Waals surface area (Å²) < 4.78 is 229. The Balaban J connectivity index is 3.35. The highest BCUT2D eigenvalue weighted by Gasteiger charge is 2.95. The lowest BCUT2D eigenvalue weighted by Crippen LogP contribution is -2.74. The van der Waals surface area contributed by atoms with Crippen molar-refractivity contribution in [1.29, 1.82) is 0 Å². The van der Waals surface area contributed by atoms with Gasteiger partial charge in [0.2, 0.25) is 0 Å². The summed E-state index contributed by atoms with van der Waals surface area (Å²) in [5, 5.41) is 21.5. The fourth-order valence-corrected chi connectivity index (χ4v) is 2.63. The molecule has 0 amide bonds. The van der Waals surface area contributed by atoms with E-state index in [1.165, 1.54) is 0 Å². The number of esters is 1. The molecule has 1 rings (SSSR count). The number of benzene rings is 1. The van der Waals surface area contributed by atoms with Crippen LogP contribution in [0.2, 0.25) is 0 Å². The van der Waals surface area contributed by atoms with Crippen LogP contribution >= 0.6 is 0 Å². The monoisotopic (exact) mass is 658 g/mol. The number of hydrogen-bond donors (Lipinski definition) is 0. The molecule has 0 aliphatic heterocycles. The van der Waals surface area contributed by atoms with E-state index in [9.17, 15) is 99.7 Å². The molecule has 0 bridgehead atoms. The van der Waals surface area contributed by atoms with Gasteiger partial charge in [0.05, 0.1) is 34.5 Å². The summed E-state index contributed by atoms with van der Waals surface area (Å²) in [4.78, 5) is 30.5. The molecular formula is C17H7F17N2O6. The van der Waals surface area contributed by atoms with Crippen LogP contribution in [0, 0.1) is 20.2 Å². The lowest BCUT2D eigenvalue weighted by Gasteiger charge is -2.42. The fraction of sp³-hybridized carbons (Fsp3) is 0.588. The van der Waals surface area contributed by atoms with Crippen molar-refractivity contribution in [2.24, 2.45) is 0 Å². The second-order valence-corrected chi connectivity index (χ2v) is 7.79. The van der Waals surface area contributed by atoms with Gasteiger partial charge in [0, 0.05) is 12.1 Å². The second-order valence-electron chi connectivity index (χ2n) is 7.79. The highest BCUT2D eigenvalue weighted by molar-refractivity contribution is 5.91. The van der Waals surface area contributed by atoms with E-state index in [1.807, 2.05) is 0 Å². The van der Waals surface area contributed by atoms with Gasteiger partial charge in [-0.2, -0.15) is 74.6 Å². The number of carbonyl (C=O) groups is 1. The summed E-state index contributed by atoms with van der Waals surface area (Å²) in [6.07, 6.45) is -11.0. The van der Waals surface area contributed by atoms with Crippen LogP contribution < -0.4 is 0 Å². The number of nitro groups is 2. The van der Waals surface area contributed by atoms with Gasteiger partial charge in [-0.1, -0.05) is 0 Å². The molecule has 1 aromatic rings. The largest absolute Gasteiger partial charge is 0.462 e. The van der Waals surface area contributed by atoms with Crippen molar-refractivity contribution in [2.75, 3.05) is 6.61 Å². The van der Waals surface area contributed by atoms with E-state index in [2.05, 4.69) is 4.74 Å². The first-order valence-corrected chi connectivity index (χ1v) is 9.67. The van der Waals surface area contributed by atoms with E-state index in [-0.39, 0.29) is 18.2 Å². The zero-order valence-corrected chi connectivity index (χ0v) is 18.9. The normalized spacial score (nSPS) is 14.5. The number of rotatable bonds is 12. The van der Waals surface area contributed by atoms with Crippen LogP contribution in [0.4, 0.5) is 86.0 Å². The van der Waals surface area contributed by atoms with Gasteiger partial charge < -0.3 is 4.74 Å². The molecule has 0 atom stereocenters. The number of nitrogens with zero attached hydrogens (tertiary/aromatic N) is 2. The number of hydrogen-bond acceptors (Lipinski definition) is 6. The molecule has 0 unspecified atom stereocenters. The minimum absolute atomic E-state index is 0.162. The van der Waals surface area contributed by atoms with Gasteiger partial charge >= 0.3 is 53.6 Å². The molecule has 42 heavy (non-hydrogen) atoms. The predicted octanol–water partition coefficient (Wildman–Crippen LogP) is 7.06. The van der Waals surface area contributed by atoms with Gasteiger partial charge in [-0.05, 0) is 0 Å². The third-order valence-corrected chi connectivity index (χ3v) is 5.00. The Bertz CT molecular complexity index is 1200. The first-order chi connectivity index (χ1) is 18.3. The summed E-state index contributed by atoms with van der Waals surface area (Å²) in [7, 11) is 0. The van der Waals surface area contributed by atoms with Gasteiger partial charge in [0.1, 0.15) is 0 Å². The second kappa shape index (κ2) is 10.5. The molecule has 0 N–H and O–H groups in total. The summed E-state index contributed by atoms with van der Waals surface area (Å²) in [6.45, 7) is -2.34. The lowest BCUT2D eigenvalue weighted by atomic mass is 9.88. The number of nitro benzene ring substituents is 2. The number of ether oxygens (including phenoxy) is 1. The first kappa shape index (κ1) is 36.3. The third-order valence-electron chi connectivity index (χ3n) is 5.00. The van der Waals surface area contributed by atoms with Gasteiger partial charge in [-0.3, -0.25) is 20.2 Å². The Hall–Kier alpha value is -3.70. The van der Waals surface area contributed by atoms with E-state index < -0.39 is 93.4 Å². The topological polar surface area (TPSA) is 113 Å². The maximum atomic E-state index is 13.8. The summed E-state index contributed by atoms with van der Waals surface area (Å²) in [5.41, 5.74) is -3.72. The maximum absolute atomic E-state index is 13.8. The average Bonchev–Trinajstić information content (AvgIpc) is 2.81. The Morgan fingerprint density at radius 2 is 0.929 bits per heavy atom. The molecule has 0 saturated heterocycles. The van der Waals surface area contributed by atoms with Crippen LogP contribution in [0.15, 0.2) is 18.2 Å². The molecule has 0 saturated carbocycles. The molecule has 0 aliphatic rings. The van der Waals surface area contributed by atoms with Gasteiger partial charge in [0.15, 0.2) is 0 Å². The Morgan fingerprint density at radius 3 is 1.26 bits per heavy atom. The van der Waals surface area contributed by atoms with Crippen molar-refractivity contribution in [3.63, 3.8) is 0 Å². The standard InChI is InChI=1S/C17H7F17N2O6/c18-10(19,1-2-42-9(37)6-3-7(35(38)39)5-8(4-6)36(40)41)11(20,21)12(22,23)13(24,25)14(26,27)15(28,29)16(30,31)17(32,33)34/h3-5H,1-2H2. The van der Waals surface area contributed by atoms with Gasteiger partial charge in [-0.25, -0.2) is 4.79 Å². The summed E-state index contributed by atoms with van der Waals surface area (Å²) in [5.74, 6) is -60.0. The van der Waals surface area contributed by atoms with Crippen LogP contribution in [0.5, 0.6) is 0 Å². The van der Waals surface area contributed by atoms with E-state index in [1.54, 1.807) is 0 Å². The molecule has 0 spiro atoms. The number of non-ortho nitro benzene ring substituents is 2. The molecule has 8 nitrogen and oxygen atoms in total. The zero-order valence-electron chi connectivity index (χ0n) is 18.9. The zero-order chi connectivity index (χ0) is 33.7. The average molecular weight is 658 g/mol. The van der Waals surface area contributed by atoms with Gasteiger partial charge in [-0.15, -0.1) is 0 Å². The molecular weight excluding hydrogens is 651 g/mol. The van der Waals surface area contributed by atoms with Crippen LogP contribution in [0.25, 0.3) is 0 Å². The molecule has 0 heterocycles. The van der Waals surface area contributed by atoms with Crippen molar-refractivity contribution in [2.45, 2.75) is 54.1 Å². The highest BCUT2D eigenvalue weighted by Crippen LogP contribution is 2.64. The van der Waals surface area contributed by atoms with Crippen LogP contribution in [-0.4, -0.2) is 70.1 Å². The molecule has 25 heteroatoms. The molecule has 240 valence electrons. The minimum Gasteiger partial charge on any atom is -0.462 e. The van der Waals surface area contributed by atoms with Crippen molar-refractivity contribution in [1.82, 2.24) is 0 Å². The number of halogens is 17. The quantitative estimate of drug-likeness (QED) is 0.103. The predicted molar refractivity (Wildman–Crippen MR) is 95.3 cm³/mol. The van der Waals surface area contributed by atoms with Crippen molar-refractivity contribution in [3.8, 4) is 0 Å². The summed E-state index contributed by atoms with van der Waals surface area (Å²) >= 11 is 0. The van der Waals surface area contributed by atoms with Gasteiger partial charge in [0.25, 0.3) is 11.4 Å². The highest BCUT2D eigenvalue weighted by atomic mass is 19.4. The Kier molecular flexibility index (Phi) is 9.11. The van der Waals surface area contributed by atoms with Crippen LogP contribution in [0.3, 0.4) is 0 Å². The Labute approximate surface area is 217 Å². The minimum atomic E-state index is -8.80. The van der Waals surface area contributed by atoms with E-state index >= 15 is 0 Å². The van der Waals surface area contributed by atoms with Crippen LogP contribution in [-0.2, 0) is 4.74 Å². The van der Waals surface area contributed by atoms with E-state index in [0.717, 1.165) is 0 Å². The first-order valence-electron chi connectivity index (χ1n) is 9.67. The third kappa shape index (κ3) is 5.55. The molecule has 0 radical (unpaired) electrons. The maximum Gasteiger partial charge on any atom is 0.460 e. The van der Waals surface area contributed by atoms with Crippen molar-refractivity contribution >= 4 is 17.3 Å². The van der Waals surface area contributed by atoms with E-state index in [0.29, 0.717) is 0 Å². The number of carbonyl (C=O) groups excluding carboxylic acids is 1. The molecule has 0 fully saturated rings. The van der Waals surface area contributed by atoms with E-state index in [4.69, 9.17) is 0 Å². The number of alkyl halides is 17. The fourth-order valence-electron chi connectivity index (χ4n) is 2.63. The molecule has 0 aliphatic carbocycles. The summed E-state index contributed by atoms with van der Waals surface area (Å²) in [6, 6.07) is 0.559. The lowest BCUT2D eigenvalue weighted by molar-refractivity contribution is -0.461. The molecule has 0 aromatic heterocycles. The molecule has 1 aromatic carbocycles. The van der Waals surface area contributed by atoms with Crippen molar-refractivity contribution < 1.29 is 94.0 Å². The Morgan fingerprint density at radius 1 is 0.595 bits per heavy atom. The van der Waals surface area contributed by atoms with Crippen LogP contribution in [0.1, 0.15) is 16.8 Å².